The fraction of sp³-hybridized carbons (Fsp3) is 0.158. The maximum atomic E-state index is 12.4. The third-order valence-electron chi connectivity index (χ3n) is 3.82. The molecule has 0 aliphatic heterocycles. The molecule has 3 rings (SSSR count). The van der Waals surface area contributed by atoms with Crippen LogP contribution in [-0.2, 0) is 17.9 Å². The molecular formula is C19H18N4O2. The molecule has 2 heterocycles. The zero-order valence-electron chi connectivity index (χ0n) is 13.9. The first-order valence-electron chi connectivity index (χ1n) is 7.90. The number of rotatable bonds is 5. The van der Waals surface area contributed by atoms with Gasteiger partial charge >= 0.3 is 0 Å². The first kappa shape index (κ1) is 16.6. The molecule has 0 aliphatic rings. The molecule has 0 bridgehead atoms. The van der Waals surface area contributed by atoms with E-state index in [1.165, 1.54) is 10.7 Å². The summed E-state index contributed by atoms with van der Waals surface area (Å²) in [5, 5.41) is 4.30. The molecule has 3 aromatic rings. The van der Waals surface area contributed by atoms with E-state index >= 15 is 0 Å². The van der Waals surface area contributed by atoms with E-state index in [1.54, 1.807) is 42.5 Å². The molecule has 0 atom stereocenters. The number of pyridine rings is 1. The van der Waals surface area contributed by atoms with Crippen LogP contribution in [0.15, 0.2) is 71.8 Å². The quantitative estimate of drug-likeness (QED) is 0.715. The minimum Gasteiger partial charge on any atom is -0.340 e. The minimum absolute atomic E-state index is 0.0961. The molecule has 0 saturated heterocycles. The van der Waals surface area contributed by atoms with Crippen LogP contribution in [0.5, 0.6) is 0 Å². The van der Waals surface area contributed by atoms with Gasteiger partial charge in [-0.25, -0.2) is 4.68 Å². The van der Waals surface area contributed by atoms with E-state index in [4.69, 9.17) is 0 Å². The second-order valence-corrected chi connectivity index (χ2v) is 5.69. The van der Waals surface area contributed by atoms with Crippen molar-refractivity contribution in [3.05, 3.63) is 82.9 Å². The molecule has 1 aromatic carbocycles. The predicted molar refractivity (Wildman–Crippen MR) is 94.6 cm³/mol. The highest BCUT2D eigenvalue weighted by Crippen LogP contribution is 2.13. The van der Waals surface area contributed by atoms with Gasteiger partial charge in [0.1, 0.15) is 6.54 Å². The third-order valence-corrected chi connectivity index (χ3v) is 3.82. The Bertz CT molecular complexity index is 907. The molecule has 0 fully saturated rings. The fourth-order valence-electron chi connectivity index (χ4n) is 2.43. The molecule has 0 N–H and O–H groups in total. The van der Waals surface area contributed by atoms with Crippen molar-refractivity contribution in [3.63, 3.8) is 0 Å². The zero-order valence-corrected chi connectivity index (χ0v) is 13.9. The summed E-state index contributed by atoms with van der Waals surface area (Å²) < 4.78 is 1.19. The van der Waals surface area contributed by atoms with Crippen LogP contribution in [0.25, 0.3) is 11.3 Å². The van der Waals surface area contributed by atoms with Crippen LogP contribution < -0.4 is 5.56 Å². The van der Waals surface area contributed by atoms with Crippen molar-refractivity contribution >= 4 is 5.91 Å². The van der Waals surface area contributed by atoms with E-state index in [0.717, 1.165) is 11.1 Å². The average molecular weight is 334 g/mol. The molecule has 0 spiro atoms. The molecule has 0 aliphatic carbocycles. The van der Waals surface area contributed by atoms with Crippen molar-refractivity contribution in [2.24, 2.45) is 0 Å². The van der Waals surface area contributed by atoms with Crippen LogP contribution in [0.2, 0.25) is 0 Å². The van der Waals surface area contributed by atoms with Crippen molar-refractivity contribution in [1.82, 2.24) is 19.7 Å². The Labute approximate surface area is 145 Å². The van der Waals surface area contributed by atoms with E-state index in [1.807, 2.05) is 30.3 Å². The lowest BCUT2D eigenvalue weighted by molar-refractivity contribution is -0.131. The van der Waals surface area contributed by atoms with E-state index < -0.39 is 0 Å². The number of hydrogen-bond donors (Lipinski definition) is 0. The molecule has 6 heteroatoms. The van der Waals surface area contributed by atoms with Crippen LogP contribution in [0.3, 0.4) is 0 Å². The largest absolute Gasteiger partial charge is 0.340 e. The Morgan fingerprint density at radius 2 is 1.76 bits per heavy atom. The summed E-state index contributed by atoms with van der Waals surface area (Å²) in [4.78, 5) is 30.0. The number of benzene rings is 1. The Hall–Kier alpha value is -3.28. The molecule has 0 unspecified atom stereocenters. The lowest BCUT2D eigenvalue weighted by Crippen LogP contribution is -2.34. The first-order chi connectivity index (χ1) is 12.1. The van der Waals surface area contributed by atoms with Crippen molar-refractivity contribution in [2.45, 2.75) is 13.1 Å². The molecule has 126 valence electrons. The van der Waals surface area contributed by atoms with Gasteiger partial charge in [-0.1, -0.05) is 30.3 Å². The molecular weight excluding hydrogens is 316 g/mol. The van der Waals surface area contributed by atoms with Crippen molar-refractivity contribution in [1.29, 1.82) is 0 Å². The summed E-state index contributed by atoms with van der Waals surface area (Å²) in [6, 6.07) is 16.4. The van der Waals surface area contributed by atoms with Gasteiger partial charge in [0.05, 0.1) is 5.69 Å². The summed E-state index contributed by atoms with van der Waals surface area (Å²) in [5.74, 6) is -0.176. The van der Waals surface area contributed by atoms with Crippen LogP contribution >= 0.6 is 0 Å². The molecule has 0 radical (unpaired) electrons. The van der Waals surface area contributed by atoms with Gasteiger partial charge in [-0.3, -0.25) is 14.6 Å². The van der Waals surface area contributed by atoms with Gasteiger partial charge in [0.2, 0.25) is 5.91 Å². The Morgan fingerprint density at radius 1 is 1.04 bits per heavy atom. The SMILES string of the molecule is CN(Cc1ccccc1)C(=O)Cn1nc(-c2ccncc2)ccc1=O. The zero-order chi connectivity index (χ0) is 17.6. The molecule has 2 aromatic heterocycles. The molecule has 1 amide bonds. The van der Waals surface area contributed by atoms with Gasteiger partial charge in [0.15, 0.2) is 0 Å². The number of hydrogen-bond acceptors (Lipinski definition) is 4. The van der Waals surface area contributed by atoms with Crippen molar-refractivity contribution in [3.8, 4) is 11.3 Å². The Balaban J connectivity index is 1.75. The van der Waals surface area contributed by atoms with E-state index in [9.17, 15) is 9.59 Å². The molecule has 0 saturated carbocycles. The van der Waals surface area contributed by atoms with Crippen LogP contribution in [0, 0.1) is 0 Å². The van der Waals surface area contributed by atoms with Gasteiger partial charge < -0.3 is 4.90 Å². The number of carbonyl (C=O) groups excluding carboxylic acids is 1. The topological polar surface area (TPSA) is 68.1 Å². The lowest BCUT2D eigenvalue weighted by atomic mass is 10.2. The van der Waals surface area contributed by atoms with Crippen molar-refractivity contribution < 1.29 is 4.79 Å². The van der Waals surface area contributed by atoms with Crippen molar-refractivity contribution in [2.75, 3.05) is 7.05 Å². The highest BCUT2D eigenvalue weighted by atomic mass is 16.2. The number of amides is 1. The first-order valence-corrected chi connectivity index (χ1v) is 7.90. The number of carbonyl (C=O) groups is 1. The van der Waals surface area contributed by atoms with Gasteiger partial charge in [-0.2, -0.15) is 5.10 Å². The normalized spacial score (nSPS) is 10.4. The van der Waals surface area contributed by atoms with Gasteiger partial charge in [-0.15, -0.1) is 0 Å². The van der Waals surface area contributed by atoms with Gasteiger partial charge in [0.25, 0.3) is 5.56 Å². The molecule has 25 heavy (non-hydrogen) atoms. The van der Waals surface area contributed by atoms with E-state index in [0.29, 0.717) is 12.2 Å². The summed E-state index contributed by atoms with van der Waals surface area (Å²) in [6.07, 6.45) is 3.32. The summed E-state index contributed by atoms with van der Waals surface area (Å²) in [5.41, 5.74) is 2.19. The summed E-state index contributed by atoms with van der Waals surface area (Å²) in [7, 11) is 1.72. The molecule has 6 nitrogen and oxygen atoms in total. The second kappa shape index (κ2) is 7.53. The van der Waals surface area contributed by atoms with Gasteiger partial charge in [-0.05, 0) is 23.8 Å². The van der Waals surface area contributed by atoms with Crippen LogP contribution in [0.4, 0.5) is 0 Å². The smallest absolute Gasteiger partial charge is 0.267 e. The van der Waals surface area contributed by atoms with Crippen LogP contribution in [0.1, 0.15) is 5.56 Å². The Kier molecular flexibility index (Phi) is 4.99. The predicted octanol–water partition coefficient (Wildman–Crippen LogP) is 1.96. The maximum Gasteiger partial charge on any atom is 0.267 e. The standard InChI is InChI=1S/C19H18N4O2/c1-22(13-15-5-3-2-4-6-15)19(25)14-23-18(24)8-7-17(21-23)16-9-11-20-12-10-16/h2-12H,13-14H2,1H3. The average Bonchev–Trinajstić information content (AvgIpc) is 2.65. The van der Waals surface area contributed by atoms with E-state index in [2.05, 4.69) is 10.1 Å². The third kappa shape index (κ3) is 4.17. The fourth-order valence-corrected chi connectivity index (χ4v) is 2.43. The number of likely N-dealkylation sites (N-methyl/N-ethyl adjacent to an activating group) is 1. The monoisotopic (exact) mass is 334 g/mol. The maximum absolute atomic E-state index is 12.4. The number of aromatic nitrogens is 3. The summed E-state index contributed by atoms with van der Waals surface area (Å²) >= 11 is 0. The van der Waals surface area contributed by atoms with E-state index in [-0.39, 0.29) is 18.0 Å². The highest BCUT2D eigenvalue weighted by Gasteiger charge is 2.12. The number of nitrogens with zero attached hydrogens (tertiary/aromatic N) is 4. The summed E-state index contributed by atoms with van der Waals surface area (Å²) in [6.45, 7) is 0.388. The lowest BCUT2D eigenvalue weighted by Gasteiger charge is -2.17. The highest BCUT2D eigenvalue weighted by molar-refractivity contribution is 5.75. The minimum atomic E-state index is -0.306. The Morgan fingerprint density at radius 3 is 2.48 bits per heavy atom. The van der Waals surface area contributed by atoms with Gasteiger partial charge in [0, 0.05) is 37.6 Å². The second-order valence-electron chi connectivity index (χ2n) is 5.69. The van der Waals surface area contributed by atoms with Crippen LogP contribution in [-0.4, -0.2) is 32.6 Å².